The summed E-state index contributed by atoms with van der Waals surface area (Å²) in [6.07, 6.45) is 2.04. The maximum absolute atomic E-state index is 13.0. The molecule has 1 amide bonds. The number of aliphatic hydroxyl groups excluding tert-OH is 1. The smallest absolute Gasteiger partial charge is 0.415 e. The van der Waals surface area contributed by atoms with E-state index in [1.165, 1.54) is 32.0 Å². The molecule has 2 heterocycles. The molecule has 10 heteroatoms. The molecule has 0 bridgehead atoms. The third kappa shape index (κ3) is 5.97. The van der Waals surface area contributed by atoms with Crippen LogP contribution in [0.1, 0.15) is 33.1 Å². The summed E-state index contributed by atoms with van der Waals surface area (Å²) in [6, 6.07) is 9.73. The second-order valence-corrected chi connectivity index (χ2v) is 9.96. The lowest BCUT2D eigenvalue weighted by atomic mass is 10.0. The molecule has 1 aliphatic heterocycles. The average molecular weight is 530 g/mol. The molecular formula is C27H31NO8S. The van der Waals surface area contributed by atoms with E-state index < -0.39 is 6.09 Å². The van der Waals surface area contributed by atoms with E-state index in [1.54, 1.807) is 35.2 Å². The van der Waals surface area contributed by atoms with Gasteiger partial charge in [-0.3, -0.25) is 4.79 Å². The number of likely N-dealkylation sites (tertiary alicyclic amines) is 1. The summed E-state index contributed by atoms with van der Waals surface area (Å²) in [5.41, 5.74) is 0.0364. The standard InChI is InChI=1S/C27H31NO8S/c1-16(2)34-22-14-21-24(26(33-4)25(22)32-3)20(30)13-23(36-21)37-19-10-8-18(9-11-19)35-27(31)28-12-6-5-7-17(28)15-29/h8-11,13-14,16-17,29H,5-7,12,15H2,1-4H3. The molecule has 0 saturated carbocycles. The van der Waals surface area contributed by atoms with Crippen LogP contribution in [-0.4, -0.2) is 55.6 Å². The Balaban J connectivity index is 1.55. The second kappa shape index (κ2) is 11.8. The number of benzene rings is 2. The van der Waals surface area contributed by atoms with E-state index in [2.05, 4.69) is 0 Å². The highest BCUT2D eigenvalue weighted by Gasteiger charge is 2.27. The van der Waals surface area contributed by atoms with E-state index in [-0.39, 0.29) is 35.3 Å². The van der Waals surface area contributed by atoms with Crippen molar-refractivity contribution in [1.29, 1.82) is 0 Å². The molecule has 1 unspecified atom stereocenters. The fourth-order valence-electron chi connectivity index (χ4n) is 4.29. The molecule has 0 radical (unpaired) electrons. The zero-order valence-corrected chi connectivity index (χ0v) is 22.1. The monoisotopic (exact) mass is 529 g/mol. The van der Waals surface area contributed by atoms with Crippen molar-refractivity contribution in [3.05, 3.63) is 46.6 Å². The molecule has 198 valence electrons. The summed E-state index contributed by atoms with van der Waals surface area (Å²) in [6.45, 7) is 4.26. The zero-order chi connectivity index (χ0) is 26.5. The second-order valence-electron chi connectivity index (χ2n) is 8.88. The summed E-state index contributed by atoms with van der Waals surface area (Å²) >= 11 is 1.26. The quantitative estimate of drug-likeness (QED) is 0.427. The summed E-state index contributed by atoms with van der Waals surface area (Å²) in [5.74, 6) is 1.39. The molecule has 0 aliphatic carbocycles. The Morgan fingerprint density at radius 1 is 1.14 bits per heavy atom. The number of hydrogen-bond donors (Lipinski definition) is 1. The molecular weight excluding hydrogens is 498 g/mol. The Hall–Kier alpha value is -3.37. The summed E-state index contributed by atoms with van der Waals surface area (Å²) in [7, 11) is 2.95. The van der Waals surface area contributed by atoms with Gasteiger partial charge in [0.05, 0.1) is 33.0 Å². The number of carbonyl (C=O) groups is 1. The Bertz CT molecular complexity index is 1300. The lowest BCUT2D eigenvalue weighted by Gasteiger charge is -2.33. The number of nitrogens with zero attached hydrogens (tertiary/aromatic N) is 1. The van der Waals surface area contributed by atoms with Crippen LogP contribution in [0.2, 0.25) is 0 Å². The van der Waals surface area contributed by atoms with Gasteiger partial charge in [0.25, 0.3) is 0 Å². The van der Waals surface area contributed by atoms with E-state index in [0.29, 0.717) is 34.5 Å². The first-order chi connectivity index (χ1) is 17.8. The maximum Gasteiger partial charge on any atom is 0.415 e. The van der Waals surface area contributed by atoms with Crippen molar-refractivity contribution in [2.75, 3.05) is 27.4 Å². The van der Waals surface area contributed by atoms with Crippen molar-refractivity contribution in [3.8, 4) is 23.0 Å². The van der Waals surface area contributed by atoms with Crippen molar-refractivity contribution in [2.45, 2.75) is 55.2 Å². The van der Waals surface area contributed by atoms with Gasteiger partial charge >= 0.3 is 6.09 Å². The largest absolute Gasteiger partial charge is 0.492 e. The van der Waals surface area contributed by atoms with Crippen molar-refractivity contribution in [2.24, 2.45) is 0 Å². The number of amides is 1. The number of piperidine rings is 1. The third-order valence-electron chi connectivity index (χ3n) is 5.96. The molecule has 4 rings (SSSR count). The SMILES string of the molecule is COc1c(OC(C)C)cc2oc(Sc3ccc(OC(=O)N4CCCCC4CO)cc3)cc(=O)c2c1OC. The van der Waals surface area contributed by atoms with E-state index in [9.17, 15) is 14.7 Å². The fourth-order valence-corrected chi connectivity index (χ4v) is 5.09. The summed E-state index contributed by atoms with van der Waals surface area (Å²) in [5, 5.41) is 10.2. The van der Waals surface area contributed by atoms with Gasteiger partial charge in [0.2, 0.25) is 5.75 Å². The van der Waals surface area contributed by atoms with Crippen LogP contribution in [0, 0.1) is 0 Å². The zero-order valence-electron chi connectivity index (χ0n) is 21.3. The van der Waals surface area contributed by atoms with Gasteiger partial charge in [-0.2, -0.15) is 0 Å². The van der Waals surface area contributed by atoms with Gasteiger partial charge in [0, 0.05) is 23.6 Å². The molecule has 1 N–H and O–H groups in total. The minimum atomic E-state index is -0.469. The molecule has 3 aromatic rings. The molecule has 0 spiro atoms. The first-order valence-corrected chi connectivity index (χ1v) is 12.9. The van der Waals surface area contributed by atoms with E-state index in [0.717, 1.165) is 24.2 Å². The molecule has 37 heavy (non-hydrogen) atoms. The molecule has 1 fully saturated rings. The topological polar surface area (TPSA) is 108 Å². The van der Waals surface area contributed by atoms with E-state index in [4.69, 9.17) is 23.4 Å². The number of methoxy groups -OCH3 is 2. The van der Waals surface area contributed by atoms with Crippen molar-refractivity contribution >= 4 is 28.8 Å². The number of ether oxygens (including phenoxy) is 4. The highest BCUT2D eigenvalue weighted by Crippen LogP contribution is 2.43. The molecule has 2 aromatic carbocycles. The number of rotatable bonds is 8. The van der Waals surface area contributed by atoms with E-state index in [1.807, 2.05) is 13.8 Å². The Morgan fingerprint density at radius 2 is 1.86 bits per heavy atom. The van der Waals surface area contributed by atoms with Gasteiger partial charge in [0.1, 0.15) is 16.7 Å². The summed E-state index contributed by atoms with van der Waals surface area (Å²) in [4.78, 5) is 28.0. The highest BCUT2D eigenvalue weighted by atomic mass is 32.2. The van der Waals surface area contributed by atoms with Crippen LogP contribution in [0.25, 0.3) is 11.0 Å². The van der Waals surface area contributed by atoms with Crippen LogP contribution in [0.4, 0.5) is 4.79 Å². The van der Waals surface area contributed by atoms with Crippen LogP contribution in [0.5, 0.6) is 23.0 Å². The fraction of sp³-hybridized carbons (Fsp3) is 0.407. The van der Waals surface area contributed by atoms with Crippen LogP contribution in [0.15, 0.2) is 55.6 Å². The van der Waals surface area contributed by atoms with E-state index >= 15 is 0 Å². The van der Waals surface area contributed by atoms with Crippen LogP contribution < -0.4 is 24.4 Å². The van der Waals surface area contributed by atoms with Gasteiger partial charge in [-0.05, 0) is 57.4 Å². The van der Waals surface area contributed by atoms with Gasteiger partial charge in [0.15, 0.2) is 22.0 Å². The molecule has 1 aliphatic rings. The lowest BCUT2D eigenvalue weighted by Crippen LogP contribution is -2.46. The van der Waals surface area contributed by atoms with Gasteiger partial charge in [-0.15, -0.1) is 0 Å². The van der Waals surface area contributed by atoms with Gasteiger partial charge in [-0.1, -0.05) is 11.8 Å². The summed E-state index contributed by atoms with van der Waals surface area (Å²) < 4.78 is 28.4. The minimum absolute atomic E-state index is 0.0780. The highest BCUT2D eigenvalue weighted by molar-refractivity contribution is 7.99. The number of fused-ring (bicyclic) bond motifs is 1. The van der Waals surface area contributed by atoms with Crippen LogP contribution >= 0.6 is 11.8 Å². The molecule has 1 saturated heterocycles. The third-order valence-corrected chi connectivity index (χ3v) is 6.87. The van der Waals surface area contributed by atoms with Gasteiger partial charge in [-0.25, -0.2) is 4.79 Å². The minimum Gasteiger partial charge on any atom is -0.492 e. The molecule has 1 aromatic heterocycles. The lowest BCUT2D eigenvalue weighted by molar-refractivity contribution is 0.0825. The van der Waals surface area contributed by atoms with Crippen LogP contribution in [-0.2, 0) is 0 Å². The number of carbonyl (C=O) groups excluding carboxylic acids is 1. The Kier molecular flexibility index (Phi) is 8.50. The van der Waals surface area contributed by atoms with Crippen molar-refractivity contribution in [1.82, 2.24) is 4.90 Å². The first-order valence-electron chi connectivity index (χ1n) is 12.1. The Morgan fingerprint density at radius 3 is 2.51 bits per heavy atom. The predicted molar refractivity (Wildman–Crippen MR) is 139 cm³/mol. The van der Waals surface area contributed by atoms with Crippen molar-refractivity contribution < 1.29 is 33.3 Å². The Labute approximate surface area is 219 Å². The number of aliphatic hydroxyl groups is 1. The predicted octanol–water partition coefficient (Wildman–Crippen LogP) is 5.09. The average Bonchev–Trinajstić information content (AvgIpc) is 2.88. The van der Waals surface area contributed by atoms with Gasteiger partial charge < -0.3 is 33.4 Å². The van der Waals surface area contributed by atoms with Crippen LogP contribution in [0.3, 0.4) is 0 Å². The molecule has 1 atom stereocenters. The first kappa shape index (κ1) is 26.7. The van der Waals surface area contributed by atoms with Crippen molar-refractivity contribution in [3.63, 3.8) is 0 Å². The normalized spacial score (nSPS) is 15.6. The number of hydrogen-bond acceptors (Lipinski definition) is 9. The maximum atomic E-state index is 13.0. The molecule has 9 nitrogen and oxygen atoms in total.